The predicted octanol–water partition coefficient (Wildman–Crippen LogP) is 5.39. The summed E-state index contributed by atoms with van der Waals surface area (Å²) >= 11 is 0. The number of carbonyl (C=O) groups is 1. The van der Waals surface area contributed by atoms with E-state index < -0.39 is 21.7 Å². The molecule has 1 atom stereocenters. The van der Waals surface area contributed by atoms with Gasteiger partial charge in [0.2, 0.25) is 0 Å². The molecule has 0 spiro atoms. The lowest BCUT2D eigenvalue weighted by atomic mass is 9.86. The molecule has 0 aliphatic carbocycles. The van der Waals surface area contributed by atoms with Gasteiger partial charge in [0, 0.05) is 5.54 Å². The van der Waals surface area contributed by atoms with Crippen LogP contribution in [0.15, 0.2) is 77.7 Å². The van der Waals surface area contributed by atoms with Crippen molar-refractivity contribution in [2.24, 2.45) is 0 Å². The molecular weight excluding hydrogens is 484 g/mol. The van der Waals surface area contributed by atoms with Crippen molar-refractivity contribution in [1.82, 2.24) is 5.32 Å². The van der Waals surface area contributed by atoms with E-state index in [1.54, 1.807) is 30.3 Å². The van der Waals surface area contributed by atoms with Gasteiger partial charge in [0.25, 0.3) is 15.9 Å². The number of fused-ring (bicyclic) bond motifs is 1. The van der Waals surface area contributed by atoms with Gasteiger partial charge in [-0.15, -0.1) is 0 Å². The second kappa shape index (κ2) is 9.86. The molecule has 0 fully saturated rings. The summed E-state index contributed by atoms with van der Waals surface area (Å²) in [6.07, 6.45) is -0.369. The standard InChI is InChI=1S/C30H36N2O4S/c1-21-12-15-24(16-13-21)37(34,35)32-20-27(36-26-17-14-23(18-25(26)32)29(2,3)4)28(33)31-30(5,6)19-22-10-8-7-9-11-22/h7-18,27H,19-20H2,1-6H3,(H,31,33)/t27-/m0/s1. The number of benzene rings is 3. The van der Waals surface area contributed by atoms with Crippen molar-refractivity contribution < 1.29 is 17.9 Å². The summed E-state index contributed by atoms with van der Waals surface area (Å²) in [6.45, 7) is 11.9. The summed E-state index contributed by atoms with van der Waals surface area (Å²) in [5, 5.41) is 3.07. The highest BCUT2D eigenvalue weighted by Gasteiger charge is 2.39. The highest BCUT2D eigenvalue weighted by molar-refractivity contribution is 7.92. The molecule has 0 bridgehead atoms. The van der Waals surface area contributed by atoms with E-state index in [1.165, 1.54) is 4.31 Å². The first-order chi connectivity index (χ1) is 17.3. The Bertz CT molecular complexity index is 1380. The molecule has 0 aromatic heterocycles. The number of hydrogen-bond acceptors (Lipinski definition) is 4. The summed E-state index contributed by atoms with van der Waals surface area (Å²) < 4.78 is 35.2. The smallest absolute Gasteiger partial charge is 0.264 e. The van der Waals surface area contributed by atoms with Crippen LogP contribution < -0.4 is 14.4 Å². The zero-order valence-electron chi connectivity index (χ0n) is 22.4. The van der Waals surface area contributed by atoms with Crippen molar-refractivity contribution in [3.63, 3.8) is 0 Å². The van der Waals surface area contributed by atoms with Gasteiger partial charge in [-0.2, -0.15) is 0 Å². The molecule has 0 saturated heterocycles. The zero-order chi connectivity index (χ0) is 27.0. The maximum absolute atomic E-state index is 13.9. The third-order valence-electron chi connectivity index (χ3n) is 6.55. The molecule has 6 nitrogen and oxygen atoms in total. The summed E-state index contributed by atoms with van der Waals surface area (Å²) in [6, 6.07) is 22.2. The number of carbonyl (C=O) groups excluding carboxylic acids is 1. The van der Waals surface area contributed by atoms with Crippen molar-refractivity contribution >= 4 is 21.6 Å². The summed E-state index contributed by atoms with van der Waals surface area (Å²) in [5.41, 5.74) is 2.74. The summed E-state index contributed by atoms with van der Waals surface area (Å²) in [4.78, 5) is 13.6. The Labute approximate surface area is 220 Å². The number of aryl methyl sites for hydroxylation is 1. The fourth-order valence-electron chi connectivity index (χ4n) is 4.48. The van der Waals surface area contributed by atoms with Crippen LogP contribution in [0, 0.1) is 6.92 Å². The van der Waals surface area contributed by atoms with Gasteiger partial charge in [-0.1, -0.05) is 74.9 Å². The number of ether oxygens (including phenoxy) is 1. The largest absolute Gasteiger partial charge is 0.476 e. The van der Waals surface area contributed by atoms with Crippen LogP contribution in [-0.2, 0) is 26.7 Å². The third kappa shape index (κ3) is 5.99. The Balaban J connectivity index is 1.68. The molecule has 196 valence electrons. The van der Waals surface area contributed by atoms with Crippen molar-refractivity contribution in [3.05, 3.63) is 89.5 Å². The molecule has 1 aliphatic rings. The van der Waals surface area contributed by atoms with Crippen LogP contribution in [0.2, 0.25) is 0 Å². The maximum Gasteiger partial charge on any atom is 0.264 e. The monoisotopic (exact) mass is 520 g/mol. The molecule has 7 heteroatoms. The number of anilines is 1. The van der Waals surface area contributed by atoms with Crippen molar-refractivity contribution in [3.8, 4) is 5.75 Å². The molecule has 3 aromatic carbocycles. The van der Waals surface area contributed by atoms with Crippen LogP contribution in [0.25, 0.3) is 0 Å². The number of sulfonamides is 1. The molecule has 37 heavy (non-hydrogen) atoms. The van der Waals surface area contributed by atoms with Gasteiger partial charge < -0.3 is 10.1 Å². The number of amides is 1. The molecule has 1 heterocycles. The van der Waals surface area contributed by atoms with Crippen LogP contribution >= 0.6 is 0 Å². The van der Waals surface area contributed by atoms with Crippen LogP contribution in [0.1, 0.15) is 51.3 Å². The third-order valence-corrected chi connectivity index (χ3v) is 8.34. The summed E-state index contributed by atoms with van der Waals surface area (Å²) in [5.74, 6) is 0.0199. The van der Waals surface area contributed by atoms with Gasteiger partial charge in [0.05, 0.1) is 17.1 Å². The Morgan fingerprint density at radius 2 is 1.62 bits per heavy atom. The number of nitrogens with one attached hydrogen (secondary N) is 1. The minimum absolute atomic E-state index is 0.121. The van der Waals surface area contributed by atoms with Gasteiger partial charge >= 0.3 is 0 Å². The van der Waals surface area contributed by atoms with Crippen molar-refractivity contribution in [1.29, 1.82) is 0 Å². The Hall–Kier alpha value is -3.32. The van der Waals surface area contributed by atoms with E-state index in [0.29, 0.717) is 17.9 Å². The molecule has 0 saturated carbocycles. The minimum atomic E-state index is -3.94. The first-order valence-electron chi connectivity index (χ1n) is 12.5. The Morgan fingerprint density at radius 3 is 2.24 bits per heavy atom. The highest BCUT2D eigenvalue weighted by Crippen LogP contribution is 2.40. The van der Waals surface area contributed by atoms with E-state index >= 15 is 0 Å². The second-order valence-electron chi connectivity index (χ2n) is 11.4. The molecule has 3 aromatic rings. The minimum Gasteiger partial charge on any atom is -0.476 e. The van der Waals surface area contributed by atoms with Crippen LogP contribution in [0.3, 0.4) is 0 Å². The van der Waals surface area contributed by atoms with Gasteiger partial charge in [0.1, 0.15) is 5.75 Å². The van der Waals surface area contributed by atoms with Gasteiger partial charge in [-0.05, 0) is 68.0 Å². The van der Waals surface area contributed by atoms with Crippen LogP contribution in [0.4, 0.5) is 5.69 Å². The van der Waals surface area contributed by atoms with E-state index in [-0.39, 0.29) is 22.8 Å². The normalized spacial score (nSPS) is 16.1. The predicted molar refractivity (Wildman–Crippen MR) is 148 cm³/mol. The van der Waals surface area contributed by atoms with Crippen LogP contribution in [0.5, 0.6) is 5.75 Å². The van der Waals surface area contributed by atoms with Crippen molar-refractivity contribution in [2.75, 3.05) is 10.8 Å². The quantitative estimate of drug-likeness (QED) is 0.473. The highest BCUT2D eigenvalue weighted by atomic mass is 32.2. The van der Waals surface area contributed by atoms with Crippen LogP contribution in [-0.4, -0.2) is 32.5 Å². The number of hydrogen-bond donors (Lipinski definition) is 1. The molecule has 4 rings (SSSR count). The van der Waals surface area contributed by atoms with Gasteiger partial charge in [0.15, 0.2) is 6.10 Å². The average molecular weight is 521 g/mol. The zero-order valence-corrected chi connectivity index (χ0v) is 23.2. The fraction of sp³-hybridized carbons (Fsp3) is 0.367. The fourth-order valence-corrected chi connectivity index (χ4v) is 5.95. The van der Waals surface area contributed by atoms with Gasteiger partial charge in [-0.25, -0.2) is 8.42 Å². The number of rotatable bonds is 6. The van der Waals surface area contributed by atoms with Crippen molar-refractivity contribution in [2.45, 2.75) is 69.9 Å². The molecular formula is C30H36N2O4S. The molecule has 1 aliphatic heterocycles. The summed E-state index contributed by atoms with van der Waals surface area (Å²) in [7, 11) is -3.94. The number of nitrogens with zero attached hydrogens (tertiary/aromatic N) is 1. The van der Waals surface area contributed by atoms with E-state index in [2.05, 4.69) is 26.1 Å². The molecule has 1 amide bonds. The first-order valence-corrected chi connectivity index (χ1v) is 14.0. The first kappa shape index (κ1) is 26.7. The van der Waals surface area contributed by atoms with E-state index in [0.717, 1.165) is 16.7 Å². The lowest BCUT2D eigenvalue weighted by molar-refractivity contribution is -0.129. The van der Waals surface area contributed by atoms with E-state index in [1.807, 2.05) is 63.2 Å². The molecule has 0 radical (unpaired) electrons. The Kier molecular flexibility index (Phi) is 7.12. The lowest BCUT2D eigenvalue weighted by Gasteiger charge is -2.37. The maximum atomic E-state index is 13.9. The SMILES string of the molecule is Cc1ccc(S(=O)(=O)N2C[C@@H](C(=O)NC(C)(C)Cc3ccccc3)Oc3ccc(C(C)(C)C)cc32)cc1. The topological polar surface area (TPSA) is 75.7 Å². The van der Waals surface area contributed by atoms with E-state index in [9.17, 15) is 13.2 Å². The van der Waals surface area contributed by atoms with E-state index in [4.69, 9.17) is 4.74 Å². The Morgan fingerprint density at radius 1 is 0.973 bits per heavy atom. The average Bonchev–Trinajstić information content (AvgIpc) is 2.82. The molecule has 1 N–H and O–H groups in total. The second-order valence-corrected chi connectivity index (χ2v) is 13.3. The lowest BCUT2D eigenvalue weighted by Crippen LogP contribution is -2.55. The molecule has 0 unspecified atom stereocenters. The van der Waals surface area contributed by atoms with Gasteiger partial charge in [-0.3, -0.25) is 9.10 Å².